The minimum Gasteiger partial charge on any atom is -0.274 e. The normalized spacial score (nSPS) is 40.9. The number of nitrogens with zero attached hydrogens (tertiary/aromatic N) is 1. The lowest BCUT2D eigenvalue weighted by atomic mass is 9.63. The zero-order valence-corrected chi connectivity index (χ0v) is 13.9. The van der Waals surface area contributed by atoms with Gasteiger partial charge in [-0.15, -0.1) is 0 Å². The number of carbonyl (C=O) groups is 2. The number of hydrogen-bond donors (Lipinski definition) is 0. The molecule has 6 rings (SSSR count). The second-order valence-electron chi connectivity index (χ2n) is 6.76. The van der Waals surface area contributed by atoms with E-state index in [0.29, 0.717) is 22.5 Å². The summed E-state index contributed by atoms with van der Waals surface area (Å²) in [6.45, 7) is 0. The Morgan fingerprint density at radius 3 is 2.18 bits per heavy atom. The van der Waals surface area contributed by atoms with Gasteiger partial charge in [0.15, 0.2) is 0 Å². The van der Waals surface area contributed by atoms with E-state index in [1.807, 2.05) is 6.07 Å². The maximum Gasteiger partial charge on any atom is 0.238 e. The molecule has 0 N–H and O–H groups in total. The molecule has 1 saturated heterocycles. The number of imide groups is 1. The molecule has 2 amide bonds. The average Bonchev–Trinajstić information content (AvgIpc) is 3.26. The predicted octanol–water partition coefficient (Wildman–Crippen LogP) is 3.66. The van der Waals surface area contributed by atoms with Crippen molar-refractivity contribution >= 4 is 45.0 Å². The Labute approximate surface area is 141 Å². The highest BCUT2D eigenvalue weighted by Crippen LogP contribution is 2.65. The molecular weight excluding hydrogens is 366 g/mol. The van der Waals surface area contributed by atoms with Crippen LogP contribution in [0, 0.1) is 35.5 Å². The van der Waals surface area contributed by atoms with Gasteiger partial charge in [-0.1, -0.05) is 39.7 Å². The standard InChI is InChI=1S/C17H13BrClNO2/c18-7-1-4-13(12(19)5-7)20-16(21)14-8-2-3-9(11-6-10(8)11)15(14)17(20)22/h1-5,8-11,14-15H,6H2/t8-,9-,10-,11-,14-,15+/m0/s1. The molecule has 112 valence electrons. The molecule has 5 heteroatoms. The average molecular weight is 379 g/mol. The van der Waals surface area contributed by atoms with Gasteiger partial charge in [-0.05, 0) is 48.3 Å². The molecule has 0 aromatic heterocycles. The summed E-state index contributed by atoms with van der Waals surface area (Å²) in [5, 5.41) is 0.431. The lowest BCUT2D eigenvalue weighted by Gasteiger charge is -2.37. The van der Waals surface area contributed by atoms with Gasteiger partial charge in [-0.25, -0.2) is 4.90 Å². The summed E-state index contributed by atoms with van der Waals surface area (Å²) in [4.78, 5) is 27.2. The molecule has 1 aromatic rings. The minimum absolute atomic E-state index is 0.0658. The smallest absolute Gasteiger partial charge is 0.238 e. The first-order valence-corrected chi connectivity index (χ1v) is 8.76. The maximum atomic E-state index is 12.9. The van der Waals surface area contributed by atoms with E-state index in [9.17, 15) is 9.59 Å². The fourth-order valence-electron chi connectivity index (χ4n) is 4.86. The molecule has 1 heterocycles. The van der Waals surface area contributed by atoms with Crippen LogP contribution in [0.15, 0.2) is 34.8 Å². The van der Waals surface area contributed by atoms with Gasteiger partial charge in [0.1, 0.15) is 0 Å². The summed E-state index contributed by atoms with van der Waals surface area (Å²) in [6.07, 6.45) is 5.53. The molecule has 0 radical (unpaired) electrons. The van der Waals surface area contributed by atoms with E-state index in [-0.39, 0.29) is 35.5 Å². The summed E-state index contributed by atoms with van der Waals surface area (Å²) < 4.78 is 0.834. The Balaban J connectivity index is 1.60. The van der Waals surface area contributed by atoms with Crippen LogP contribution in [-0.2, 0) is 9.59 Å². The number of rotatable bonds is 1. The van der Waals surface area contributed by atoms with Gasteiger partial charge < -0.3 is 0 Å². The van der Waals surface area contributed by atoms with E-state index >= 15 is 0 Å². The third-order valence-electron chi connectivity index (χ3n) is 5.81. The Kier molecular flexibility index (Phi) is 2.56. The molecule has 5 aliphatic rings. The van der Waals surface area contributed by atoms with Gasteiger partial charge >= 0.3 is 0 Å². The van der Waals surface area contributed by atoms with E-state index in [4.69, 9.17) is 11.6 Å². The van der Waals surface area contributed by atoms with Crippen LogP contribution < -0.4 is 4.90 Å². The largest absolute Gasteiger partial charge is 0.274 e. The second-order valence-corrected chi connectivity index (χ2v) is 8.09. The van der Waals surface area contributed by atoms with Crippen LogP contribution in [0.25, 0.3) is 0 Å². The van der Waals surface area contributed by atoms with Gasteiger partial charge in [0.2, 0.25) is 11.8 Å². The van der Waals surface area contributed by atoms with Crippen molar-refractivity contribution in [1.82, 2.24) is 0 Å². The Hall–Kier alpha value is -1.13. The number of allylic oxidation sites excluding steroid dienone is 2. The molecule has 2 bridgehead atoms. The molecule has 3 nitrogen and oxygen atoms in total. The van der Waals surface area contributed by atoms with Crippen molar-refractivity contribution < 1.29 is 9.59 Å². The van der Waals surface area contributed by atoms with Crippen LogP contribution in [0.1, 0.15) is 6.42 Å². The Morgan fingerprint density at radius 2 is 1.64 bits per heavy atom. The highest BCUT2D eigenvalue weighted by atomic mass is 79.9. The summed E-state index contributed by atoms with van der Waals surface area (Å²) >= 11 is 9.63. The number of anilines is 1. The topological polar surface area (TPSA) is 37.4 Å². The number of amides is 2. The van der Waals surface area contributed by atoms with E-state index in [0.717, 1.165) is 4.47 Å². The van der Waals surface area contributed by atoms with Crippen molar-refractivity contribution in [2.45, 2.75) is 6.42 Å². The monoisotopic (exact) mass is 377 g/mol. The highest BCUT2D eigenvalue weighted by molar-refractivity contribution is 9.10. The van der Waals surface area contributed by atoms with Crippen LogP contribution in [0.5, 0.6) is 0 Å². The molecule has 22 heavy (non-hydrogen) atoms. The lowest BCUT2D eigenvalue weighted by molar-refractivity contribution is -0.124. The van der Waals surface area contributed by atoms with Gasteiger partial charge in [0, 0.05) is 4.47 Å². The molecule has 0 spiro atoms. The molecule has 4 aliphatic carbocycles. The van der Waals surface area contributed by atoms with Gasteiger partial charge in [-0.3, -0.25) is 9.59 Å². The predicted molar refractivity (Wildman–Crippen MR) is 86.3 cm³/mol. The first kappa shape index (κ1) is 13.3. The maximum absolute atomic E-state index is 12.9. The van der Waals surface area contributed by atoms with Crippen LogP contribution in [-0.4, -0.2) is 11.8 Å². The van der Waals surface area contributed by atoms with Gasteiger partial charge in [0.05, 0.1) is 22.5 Å². The SMILES string of the molecule is O=C1[C@@H]2[C@H]3C=C[C@@H]([C@@H]4C[C@@H]34)[C@@H]2C(=O)N1c1ccc(Br)cc1Cl. The fraction of sp³-hybridized carbons (Fsp3) is 0.412. The molecule has 2 saturated carbocycles. The minimum atomic E-state index is -0.175. The Morgan fingerprint density at radius 1 is 1.05 bits per heavy atom. The van der Waals surface area contributed by atoms with Crippen LogP contribution in [0.3, 0.4) is 0 Å². The Bertz CT molecular complexity index is 725. The summed E-state index contributed by atoms with van der Waals surface area (Å²) in [5.41, 5.74) is 0.516. The van der Waals surface area contributed by atoms with Crippen molar-refractivity contribution in [3.8, 4) is 0 Å². The van der Waals surface area contributed by atoms with Crippen LogP contribution in [0.2, 0.25) is 5.02 Å². The third-order valence-corrected chi connectivity index (χ3v) is 6.61. The van der Waals surface area contributed by atoms with Crippen molar-refractivity contribution in [2.75, 3.05) is 4.90 Å². The van der Waals surface area contributed by atoms with Crippen LogP contribution >= 0.6 is 27.5 Å². The summed E-state index contributed by atoms with van der Waals surface area (Å²) in [5.74, 6) is 1.25. The van der Waals surface area contributed by atoms with Crippen molar-refractivity contribution in [3.05, 3.63) is 39.8 Å². The molecule has 6 atom stereocenters. The number of hydrogen-bond acceptors (Lipinski definition) is 2. The van der Waals surface area contributed by atoms with E-state index < -0.39 is 0 Å². The molecule has 3 fully saturated rings. The van der Waals surface area contributed by atoms with E-state index in [1.165, 1.54) is 11.3 Å². The molecule has 1 aliphatic heterocycles. The van der Waals surface area contributed by atoms with Crippen LogP contribution in [0.4, 0.5) is 5.69 Å². The molecular formula is C17H13BrClNO2. The quantitative estimate of drug-likeness (QED) is 0.552. The van der Waals surface area contributed by atoms with Crippen molar-refractivity contribution in [1.29, 1.82) is 0 Å². The van der Waals surface area contributed by atoms with Gasteiger partial charge in [-0.2, -0.15) is 0 Å². The zero-order chi connectivity index (χ0) is 15.2. The zero-order valence-electron chi connectivity index (χ0n) is 11.6. The van der Waals surface area contributed by atoms with Crippen molar-refractivity contribution in [3.63, 3.8) is 0 Å². The van der Waals surface area contributed by atoms with Crippen molar-refractivity contribution in [2.24, 2.45) is 35.5 Å². The van der Waals surface area contributed by atoms with E-state index in [2.05, 4.69) is 28.1 Å². The first-order chi connectivity index (χ1) is 10.6. The number of carbonyl (C=O) groups excluding carboxylic acids is 2. The fourth-order valence-corrected chi connectivity index (χ4v) is 5.61. The number of benzene rings is 1. The second kappa shape index (κ2) is 4.24. The molecule has 0 unspecified atom stereocenters. The summed E-state index contributed by atoms with van der Waals surface area (Å²) in [7, 11) is 0. The number of halogens is 2. The molecule has 1 aromatic carbocycles. The van der Waals surface area contributed by atoms with Gasteiger partial charge in [0.25, 0.3) is 0 Å². The third kappa shape index (κ3) is 1.52. The summed E-state index contributed by atoms with van der Waals surface area (Å²) in [6, 6.07) is 5.29. The van der Waals surface area contributed by atoms with E-state index in [1.54, 1.807) is 12.1 Å². The highest BCUT2D eigenvalue weighted by Gasteiger charge is 2.67. The first-order valence-electron chi connectivity index (χ1n) is 7.59. The lowest BCUT2D eigenvalue weighted by Crippen LogP contribution is -2.40.